The molecule has 2 aromatic carbocycles. The van der Waals surface area contributed by atoms with Crippen LogP contribution in [0.2, 0.25) is 0 Å². The van der Waals surface area contributed by atoms with E-state index in [2.05, 4.69) is 37.5 Å². The van der Waals surface area contributed by atoms with Gasteiger partial charge in [-0.25, -0.2) is 27.5 Å². The summed E-state index contributed by atoms with van der Waals surface area (Å²) in [4.78, 5) is 86.9. The summed E-state index contributed by atoms with van der Waals surface area (Å²) in [5.41, 5.74) is -2.34. The number of rotatable bonds is 23. The van der Waals surface area contributed by atoms with Gasteiger partial charge in [-0.15, -0.1) is 9.59 Å². The van der Waals surface area contributed by atoms with Crippen molar-refractivity contribution in [2.24, 2.45) is 22.7 Å². The largest absolute Gasteiger partial charge is 0.393 e. The molecule has 0 bridgehead atoms. The van der Waals surface area contributed by atoms with E-state index in [9.17, 15) is 47.9 Å². The van der Waals surface area contributed by atoms with Crippen molar-refractivity contribution < 1.29 is 33.0 Å². The first-order chi connectivity index (χ1) is 41.7. The quantitative estimate of drug-likeness (QED) is 0.0602. The molecule has 6 aromatic heterocycles. The summed E-state index contributed by atoms with van der Waals surface area (Å²) in [5, 5.41) is 46.5. The number of carbonyl (C=O) groups excluding carboxylic acids is 2. The number of aliphatic hydroxyl groups is 1. The third kappa shape index (κ3) is 17.0. The fraction of sp³-hybridized carbons (Fsp3) is 0.515. The molecule has 0 aliphatic carbocycles. The second-order valence-corrected chi connectivity index (χ2v) is 27.0. The van der Waals surface area contributed by atoms with Gasteiger partial charge in [-0.1, -0.05) is 91.2 Å². The van der Waals surface area contributed by atoms with Crippen LogP contribution in [-0.2, 0) is 49.5 Å². The van der Waals surface area contributed by atoms with Gasteiger partial charge < -0.3 is 14.6 Å². The molecule has 0 fully saturated rings. The maximum absolute atomic E-state index is 14.7. The Bertz CT molecular complexity index is 4170. The lowest BCUT2D eigenvalue weighted by atomic mass is 9.91. The van der Waals surface area contributed by atoms with E-state index in [0.717, 1.165) is 26.7 Å². The molecule has 0 saturated carbocycles. The number of hydrogen-bond acceptors (Lipinski definition) is 17. The number of nitrogens with zero attached hydrogens (tertiary/aromatic N) is 11. The van der Waals surface area contributed by atoms with Gasteiger partial charge in [0.1, 0.15) is 54.6 Å². The second kappa shape index (κ2) is 30.9. The van der Waals surface area contributed by atoms with Gasteiger partial charge in [-0.3, -0.25) is 28.7 Å². The van der Waals surface area contributed by atoms with E-state index in [1.807, 2.05) is 41.5 Å². The highest BCUT2D eigenvalue weighted by atomic mass is 32.1. The maximum atomic E-state index is 14.7. The number of nitriles is 2. The number of nitrogens with one attached hydrogen (secondary N) is 1. The van der Waals surface area contributed by atoms with Crippen LogP contribution >= 0.6 is 22.7 Å². The molecule has 2 atom stereocenters. The molecule has 21 nitrogen and oxygen atoms in total. The first kappa shape index (κ1) is 75.5. The lowest BCUT2D eigenvalue weighted by molar-refractivity contribution is -0.127. The third-order valence-electron chi connectivity index (χ3n) is 15.1. The Morgan fingerprint density at radius 3 is 1.48 bits per heavy atom. The third-order valence-corrected chi connectivity index (χ3v) is 17.6. The number of fused-ring (bicyclic) bond motifs is 2. The first-order valence-electron chi connectivity index (χ1n) is 29.3. The zero-order chi connectivity index (χ0) is 66.2. The van der Waals surface area contributed by atoms with E-state index in [-0.39, 0.29) is 82.2 Å². The number of hydrogen-bond donors (Lipinski definition) is 2. The fourth-order valence-electron chi connectivity index (χ4n) is 9.92. The van der Waals surface area contributed by atoms with Gasteiger partial charge in [0.2, 0.25) is 0 Å². The predicted octanol–water partition coefficient (Wildman–Crippen LogP) is 11.7. The topological polar surface area (TPSA) is 281 Å². The van der Waals surface area contributed by atoms with E-state index in [1.165, 1.54) is 73.5 Å². The molecule has 492 valence electrons. The number of thiophene rings is 2. The van der Waals surface area contributed by atoms with Crippen LogP contribution in [0.3, 0.4) is 0 Å². The minimum absolute atomic E-state index is 0. The fourth-order valence-corrected chi connectivity index (χ4v) is 12.2. The SMILES string of the molecule is C.C.CCc1ccc(F)cc1[C@H](CO)OCC(C)(C)C#N.CCc1ccc(F)cc1[C@H](Cn1c(=O)n(C(C)(C)C(=O)CC(C)C)c(=O)c2c(C)c(-n3nccn3)sc21)OCC(C)(C)C#N.Cc1c(-n2nccn2)sc2[nH]c(=O)n(C(C)(C)C(=O)CC(C)C)c(=O)c12. The van der Waals surface area contributed by atoms with Crippen molar-refractivity contribution in [1.82, 2.24) is 48.7 Å². The molecule has 0 radical (unpaired) electrons. The van der Waals surface area contributed by atoms with Crippen LogP contribution in [-0.4, -0.2) is 85.2 Å². The summed E-state index contributed by atoms with van der Waals surface area (Å²) in [7, 11) is 0. The summed E-state index contributed by atoms with van der Waals surface area (Å²) in [5.74, 6) is -1.06. The summed E-state index contributed by atoms with van der Waals surface area (Å²) in [6, 6.07) is 13.3. The summed E-state index contributed by atoms with van der Waals surface area (Å²) in [6.07, 6.45) is 6.43. The number of halogens is 2. The Kier molecular flexibility index (Phi) is 25.7. The normalized spacial score (nSPS) is 12.5. The van der Waals surface area contributed by atoms with Crippen molar-refractivity contribution in [2.75, 3.05) is 19.8 Å². The van der Waals surface area contributed by atoms with Crippen molar-refractivity contribution in [2.45, 2.75) is 181 Å². The number of carbonyl (C=O) groups is 2. The molecule has 8 aromatic rings. The van der Waals surface area contributed by atoms with Gasteiger partial charge in [0.25, 0.3) is 11.1 Å². The minimum atomic E-state index is -1.46. The van der Waals surface area contributed by atoms with Crippen molar-refractivity contribution in [3.8, 4) is 22.1 Å². The number of Topliss-reactive ketones (excluding diaryl/α,β-unsaturated/α-hetero) is 2. The van der Waals surface area contributed by atoms with E-state index in [1.54, 1.807) is 93.8 Å². The van der Waals surface area contributed by atoms with Gasteiger partial charge in [0.05, 0.1) is 84.9 Å². The van der Waals surface area contributed by atoms with E-state index in [4.69, 9.17) is 14.7 Å². The van der Waals surface area contributed by atoms with Crippen molar-refractivity contribution >= 4 is 54.7 Å². The number of ether oxygens (including phenoxy) is 2. The molecule has 91 heavy (non-hydrogen) atoms. The molecule has 0 saturated heterocycles. The highest BCUT2D eigenvalue weighted by Gasteiger charge is 2.38. The Labute approximate surface area is 537 Å². The molecule has 0 aliphatic rings. The van der Waals surface area contributed by atoms with Crippen LogP contribution in [0.1, 0.15) is 170 Å². The van der Waals surface area contributed by atoms with Gasteiger partial charge in [-0.2, -0.15) is 30.9 Å². The Balaban J connectivity index is 0.000000319. The van der Waals surface area contributed by atoms with Crippen molar-refractivity contribution in [3.63, 3.8) is 0 Å². The number of aromatic amines is 1. The molecular weight excluding hydrogens is 1210 g/mol. The number of aryl methyl sites for hydroxylation is 4. The van der Waals surface area contributed by atoms with E-state index >= 15 is 0 Å². The Morgan fingerprint density at radius 2 is 1.05 bits per heavy atom. The van der Waals surface area contributed by atoms with E-state index in [0.29, 0.717) is 60.1 Å². The Hall–Kier alpha value is -7.94. The van der Waals surface area contributed by atoms with Gasteiger partial charge >= 0.3 is 11.4 Å². The number of H-pyrrole nitrogens is 1. The van der Waals surface area contributed by atoms with Crippen LogP contribution in [0.5, 0.6) is 0 Å². The van der Waals surface area contributed by atoms with Crippen LogP contribution < -0.4 is 22.5 Å². The minimum Gasteiger partial charge on any atom is -0.393 e. The lowest BCUT2D eigenvalue weighted by Crippen LogP contribution is -2.53. The molecule has 0 amide bonds. The molecule has 0 spiro atoms. The summed E-state index contributed by atoms with van der Waals surface area (Å²) >= 11 is 2.41. The maximum Gasteiger partial charge on any atom is 0.333 e. The van der Waals surface area contributed by atoms with Crippen LogP contribution in [0.15, 0.2) is 80.4 Å². The zero-order valence-corrected chi connectivity index (χ0v) is 55.1. The summed E-state index contributed by atoms with van der Waals surface area (Å²) < 4.78 is 43.4. The molecule has 0 aliphatic heterocycles. The number of aromatic nitrogens is 10. The highest BCUT2D eigenvalue weighted by molar-refractivity contribution is 7.21. The molecule has 0 unspecified atom stereocenters. The molecule has 8 rings (SSSR count). The predicted molar refractivity (Wildman–Crippen MR) is 352 cm³/mol. The molecule has 2 N–H and O–H groups in total. The second-order valence-electron chi connectivity index (χ2n) is 25.0. The average molecular weight is 1300 g/mol. The number of ketones is 2. The monoisotopic (exact) mass is 1290 g/mol. The highest BCUT2D eigenvalue weighted by Crippen LogP contribution is 2.35. The van der Waals surface area contributed by atoms with Crippen LogP contribution in [0, 0.1) is 70.8 Å². The lowest BCUT2D eigenvalue weighted by Gasteiger charge is -2.29. The zero-order valence-electron chi connectivity index (χ0n) is 53.4. The average Bonchev–Trinajstić information content (AvgIpc) is 1.65. The van der Waals surface area contributed by atoms with Crippen molar-refractivity contribution in [3.05, 3.63) is 148 Å². The van der Waals surface area contributed by atoms with E-state index < -0.39 is 62.4 Å². The van der Waals surface area contributed by atoms with Crippen LogP contribution in [0.4, 0.5) is 8.78 Å². The molecule has 25 heteroatoms. The number of benzene rings is 2. The van der Waals surface area contributed by atoms with Gasteiger partial charge in [-0.05, 0) is 140 Å². The van der Waals surface area contributed by atoms with Gasteiger partial charge in [0.15, 0.2) is 11.6 Å². The number of aliphatic hydroxyl groups excluding tert-OH is 1. The van der Waals surface area contributed by atoms with Gasteiger partial charge in [0, 0.05) is 24.0 Å². The Morgan fingerprint density at radius 1 is 0.648 bits per heavy atom. The van der Waals surface area contributed by atoms with Crippen molar-refractivity contribution in [1.29, 1.82) is 10.5 Å². The standard InChI is InChI=1S/C32H39FN6O4S.C17H21N5O3S.C15H20FNO2.2CH4/c1-9-21-10-11-22(33)15-23(21)24(43-18-31(5,6)17-34)16-37-29-26(20(4)28(44-29)39-35-12-13-36-39)27(41)38(30(37)42)32(7,8)25(40)14-19(2)3;1-9(2)8-11(23)17(4,5)21-14(24)12-10(3)15(22-18-6-7-19-22)26-13(12)20-16(21)25;1-4-11-5-6-12(16)7-13(11)14(8-18)19-10-15(2,3)9-17;;/h10-13,15,19,24H,9,14,16,18H2,1-8H3;6-7,9H,8H2,1-5H3,(H,20,25);5-7,14,18H,4,8,10H2,1-3H3;2*1H4/t24-;;14-;;/m0.0../s1. The first-order valence-corrected chi connectivity index (χ1v) is 30.9. The smallest absolute Gasteiger partial charge is 0.333 e. The summed E-state index contributed by atoms with van der Waals surface area (Å²) in [6.45, 7) is 28.3. The van der Waals surface area contributed by atoms with Crippen LogP contribution in [0.25, 0.3) is 30.4 Å². The molecular formula is C66H88F2N12O9S2. The molecule has 6 heterocycles.